The molecule has 3 aromatic rings. The van der Waals surface area contributed by atoms with Crippen molar-refractivity contribution in [1.82, 2.24) is 25.0 Å². The van der Waals surface area contributed by atoms with Crippen LogP contribution in [0.15, 0.2) is 29.4 Å². The van der Waals surface area contributed by atoms with Crippen LogP contribution in [0.1, 0.15) is 12.6 Å². The Morgan fingerprint density at radius 3 is 2.57 bits per heavy atom. The first-order valence-electron chi connectivity index (χ1n) is 6.57. The summed E-state index contributed by atoms with van der Waals surface area (Å²) in [6.45, 7) is 2.06. The van der Waals surface area contributed by atoms with Crippen LogP contribution in [-0.2, 0) is 6.42 Å². The van der Waals surface area contributed by atoms with Gasteiger partial charge in [-0.25, -0.2) is 9.67 Å². The van der Waals surface area contributed by atoms with Gasteiger partial charge < -0.3 is 4.74 Å². The smallest absolute Gasteiger partial charge is 0.209 e. The molecule has 0 amide bonds. The second-order valence-corrected chi connectivity index (χ2v) is 5.15. The van der Waals surface area contributed by atoms with E-state index in [1.807, 2.05) is 30.5 Å². The van der Waals surface area contributed by atoms with Crippen LogP contribution in [0.4, 0.5) is 0 Å². The Kier molecular flexibility index (Phi) is 3.74. The molecule has 3 rings (SSSR count). The third kappa shape index (κ3) is 2.44. The zero-order valence-corrected chi connectivity index (χ0v) is 12.9. The lowest BCUT2D eigenvalue weighted by molar-refractivity contribution is 0.414. The van der Waals surface area contributed by atoms with Crippen LogP contribution in [-0.4, -0.2) is 38.3 Å². The van der Waals surface area contributed by atoms with Crippen LogP contribution in [0.25, 0.3) is 16.9 Å². The van der Waals surface area contributed by atoms with Gasteiger partial charge in [0.15, 0.2) is 0 Å². The van der Waals surface area contributed by atoms with Crippen LogP contribution < -0.4 is 4.74 Å². The van der Waals surface area contributed by atoms with Gasteiger partial charge >= 0.3 is 0 Å². The van der Waals surface area contributed by atoms with E-state index in [0.29, 0.717) is 10.8 Å². The molecule has 6 nitrogen and oxygen atoms in total. The molecule has 0 fully saturated rings. The van der Waals surface area contributed by atoms with E-state index in [4.69, 9.17) is 4.74 Å². The van der Waals surface area contributed by atoms with E-state index in [2.05, 4.69) is 27.2 Å². The SMILES string of the molecule is CCc1nn(-c2ccc(OC)cc2)c2nnc(SC)nc12. The molecule has 0 atom stereocenters. The molecule has 0 spiro atoms. The predicted molar refractivity (Wildman–Crippen MR) is 82.2 cm³/mol. The van der Waals surface area contributed by atoms with Crippen LogP contribution >= 0.6 is 11.8 Å². The Morgan fingerprint density at radius 1 is 1.19 bits per heavy atom. The van der Waals surface area contributed by atoms with E-state index in [1.165, 1.54) is 11.8 Å². The lowest BCUT2D eigenvalue weighted by atomic mass is 10.3. The number of aromatic nitrogens is 5. The van der Waals surface area contributed by atoms with Crippen LogP contribution in [0.3, 0.4) is 0 Å². The molecule has 108 valence electrons. The summed E-state index contributed by atoms with van der Waals surface area (Å²) in [5.41, 5.74) is 3.32. The third-order valence-corrected chi connectivity index (χ3v) is 3.72. The summed E-state index contributed by atoms with van der Waals surface area (Å²) in [6.07, 6.45) is 2.73. The number of hydrogen-bond acceptors (Lipinski definition) is 6. The minimum atomic E-state index is 0.659. The summed E-state index contributed by atoms with van der Waals surface area (Å²) in [5.74, 6) is 0.805. The molecule has 0 aliphatic carbocycles. The fraction of sp³-hybridized carbons (Fsp3) is 0.286. The summed E-state index contributed by atoms with van der Waals surface area (Å²) in [7, 11) is 1.65. The minimum Gasteiger partial charge on any atom is -0.497 e. The van der Waals surface area contributed by atoms with Crippen molar-refractivity contribution in [2.45, 2.75) is 18.5 Å². The summed E-state index contributed by atoms with van der Waals surface area (Å²) < 4.78 is 6.95. The fourth-order valence-electron chi connectivity index (χ4n) is 2.09. The highest BCUT2D eigenvalue weighted by Gasteiger charge is 2.15. The Labute approximate surface area is 126 Å². The van der Waals surface area contributed by atoms with Crippen molar-refractivity contribution in [2.75, 3.05) is 13.4 Å². The normalized spacial score (nSPS) is 11.0. The Hall–Kier alpha value is -2.15. The Bertz CT molecular complexity index is 769. The molecule has 0 unspecified atom stereocenters. The number of hydrogen-bond donors (Lipinski definition) is 0. The van der Waals surface area contributed by atoms with Gasteiger partial charge in [0.2, 0.25) is 10.8 Å². The van der Waals surface area contributed by atoms with Gasteiger partial charge in [-0.3, -0.25) is 0 Å². The van der Waals surface area contributed by atoms with Gasteiger partial charge in [0, 0.05) is 0 Å². The van der Waals surface area contributed by atoms with Crippen molar-refractivity contribution in [2.24, 2.45) is 0 Å². The van der Waals surface area contributed by atoms with Crippen molar-refractivity contribution >= 4 is 22.9 Å². The summed E-state index contributed by atoms with van der Waals surface area (Å²) >= 11 is 1.47. The standard InChI is InChI=1S/C14H15N5OS/c1-4-11-12-13(16-17-14(15-12)21-3)19(18-11)9-5-7-10(20-2)8-6-9/h5-8H,4H2,1-3H3. The maximum Gasteiger partial charge on any atom is 0.209 e. The quantitative estimate of drug-likeness (QED) is 0.690. The van der Waals surface area contributed by atoms with Gasteiger partial charge in [-0.2, -0.15) is 5.10 Å². The third-order valence-electron chi connectivity index (χ3n) is 3.18. The molecule has 0 aliphatic rings. The van der Waals surface area contributed by atoms with E-state index < -0.39 is 0 Å². The molecule has 0 bridgehead atoms. The van der Waals surface area contributed by atoms with Gasteiger partial charge in [0.25, 0.3) is 0 Å². The van der Waals surface area contributed by atoms with Crippen LogP contribution in [0.5, 0.6) is 5.75 Å². The first kappa shape index (κ1) is 13.8. The molecule has 0 radical (unpaired) electrons. The van der Waals surface area contributed by atoms with E-state index in [-0.39, 0.29) is 0 Å². The average molecular weight is 301 g/mol. The maximum absolute atomic E-state index is 5.18. The summed E-state index contributed by atoms with van der Waals surface area (Å²) in [5, 5.41) is 13.7. The fourth-order valence-corrected chi connectivity index (χ4v) is 2.39. The zero-order chi connectivity index (χ0) is 14.8. The van der Waals surface area contributed by atoms with E-state index in [0.717, 1.165) is 29.1 Å². The van der Waals surface area contributed by atoms with E-state index in [1.54, 1.807) is 11.8 Å². The number of ether oxygens (including phenoxy) is 1. The topological polar surface area (TPSA) is 65.7 Å². The summed E-state index contributed by atoms with van der Waals surface area (Å²) in [4.78, 5) is 4.53. The van der Waals surface area contributed by atoms with Crippen LogP contribution in [0.2, 0.25) is 0 Å². The summed E-state index contributed by atoms with van der Waals surface area (Å²) in [6, 6.07) is 7.67. The van der Waals surface area contributed by atoms with Gasteiger partial charge in [-0.1, -0.05) is 18.7 Å². The highest BCUT2D eigenvalue weighted by molar-refractivity contribution is 7.98. The molecule has 0 saturated carbocycles. The Morgan fingerprint density at radius 2 is 1.95 bits per heavy atom. The van der Waals surface area contributed by atoms with Gasteiger partial charge in [0.05, 0.1) is 18.5 Å². The monoisotopic (exact) mass is 301 g/mol. The average Bonchev–Trinajstić information content (AvgIpc) is 2.92. The molecule has 2 aromatic heterocycles. The molecule has 0 N–H and O–H groups in total. The first-order chi connectivity index (χ1) is 10.3. The number of nitrogens with zero attached hydrogens (tertiary/aromatic N) is 5. The number of thioether (sulfide) groups is 1. The molecular weight excluding hydrogens is 286 g/mol. The zero-order valence-electron chi connectivity index (χ0n) is 12.1. The number of aryl methyl sites for hydroxylation is 1. The van der Waals surface area contributed by atoms with Crippen LogP contribution in [0, 0.1) is 0 Å². The lowest BCUT2D eigenvalue weighted by Gasteiger charge is -2.04. The number of fused-ring (bicyclic) bond motifs is 1. The van der Waals surface area contributed by atoms with E-state index in [9.17, 15) is 0 Å². The molecule has 0 aliphatic heterocycles. The molecule has 7 heteroatoms. The largest absolute Gasteiger partial charge is 0.497 e. The van der Waals surface area contributed by atoms with Gasteiger partial charge in [-0.15, -0.1) is 10.2 Å². The molecule has 21 heavy (non-hydrogen) atoms. The van der Waals surface area contributed by atoms with Gasteiger partial charge in [-0.05, 0) is 36.9 Å². The number of benzene rings is 1. The molecular formula is C14H15N5OS. The second-order valence-electron chi connectivity index (χ2n) is 4.38. The highest BCUT2D eigenvalue weighted by Crippen LogP contribution is 2.22. The molecule has 0 saturated heterocycles. The van der Waals surface area contributed by atoms with Crippen molar-refractivity contribution in [3.05, 3.63) is 30.0 Å². The minimum absolute atomic E-state index is 0.659. The number of methoxy groups -OCH3 is 1. The molecule has 1 aromatic carbocycles. The predicted octanol–water partition coefficient (Wildman–Crippen LogP) is 2.50. The second kappa shape index (κ2) is 5.69. The van der Waals surface area contributed by atoms with Gasteiger partial charge in [0.1, 0.15) is 11.3 Å². The van der Waals surface area contributed by atoms with Crippen molar-refractivity contribution < 1.29 is 4.74 Å². The maximum atomic E-state index is 5.18. The number of rotatable bonds is 4. The van der Waals surface area contributed by atoms with Crippen molar-refractivity contribution in [3.8, 4) is 11.4 Å². The van der Waals surface area contributed by atoms with E-state index >= 15 is 0 Å². The first-order valence-corrected chi connectivity index (χ1v) is 7.80. The molecule has 2 heterocycles. The highest BCUT2D eigenvalue weighted by atomic mass is 32.2. The lowest BCUT2D eigenvalue weighted by Crippen LogP contribution is -2.00. The van der Waals surface area contributed by atoms with Crippen molar-refractivity contribution in [3.63, 3.8) is 0 Å². The Balaban J connectivity index is 2.17. The van der Waals surface area contributed by atoms with Crippen molar-refractivity contribution in [1.29, 1.82) is 0 Å².